The standard InChI is InChI=1S/C17H20N2OS/c1-3-13-6-7-15(21-13)16(18-2)12-5-4-11-8-9-19-17(20)14(11)10-12/h4-7,10,16,18H,3,8-9H2,1-2H3,(H,19,20). The van der Waals surface area contributed by atoms with Gasteiger partial charge < -0.3 is 10.6 Å². The van der Waals surface area contributed by atoms with Crippen LogP contribution in [0.25, 0.3) is 0 Å². The normalized spacial score (nSPS) is 15.4. The van der Waals surface area contributed by atoms with Gasteiger partial charge in [0.1, 0.15) is 0 Å². The monoisotopic (exact) mass is 300 g/mol. The number of fused-ring (bicyclic) bond motifs is 1. The van der Waals surface area contributed by atoms with Crippen LogP contribution in [-0.4, -0.2) is 19.5 Å². The van der Waals surface area contributed by atoms with Crippen LogP contribution in [0.5, 0.6) is 0 Å². The molecular formula is C17H20N2OS. The Kier molecular flexibility index (Phi) is 4.08. The van der Waals surface area contributed by atoms with Crippen molar-refractivity contribution in [2.45, 2.75) is 25.8 Å². The minimum atomic E-state index is 0.0494. The second-order valence-corrected chi connectivity index (χ2v) is 6.50. The van der Waals surface area contributed by atoms with Crippen molar-refractivity contribution in [2.75, 3.05) is 13.6 Å². The van der Waals surface area contributed by atoms with Gasteiger partial charge in [-0.05, 0) is 49.2 Å². The Labute approximate surface area is 129 Å². The first kappa shape index (κ1) is 14.3. The fourth-order valence-corrected chi connectivity index (χ4v) is 3.91. The van der Waals surface area contributed by atoms with Crippen LogP contribution in [0.4, 0.5) is 0 Å². The molecular weight excluding hydrogens is 280 g/mol. The minimum Gasteiger partial charge on any atom is -0.352 e. The van der Waals surface area contributed by atoms with E-state index in [1.807, 2.05) is 24.5 Å². The lowest BCUT2D eigenvalue weighted by molar-refractivity contribution is 0.0946. The predicted molar refractivity (Wildman–Crippen MR) is 87.1 cm³/mol. The fourth-order valence-electron chi connectivity index (χ4n) is 2.82. The topological polar surface area (TPSA) is 41.1 Å². The first-order chi connectivity index (χ1) is 10.2. The molecule has 1 aliphatic heterocycles. The third kappa shape index (κ3) is 2.74. The molecule has 0 spiro atoms. The Morgan fingerprint density at radius 1 is 1.33 bits per heavy atom. The summed E-state index contributed by atoms with van der Waals surface area (Å²) in [6, 6.07) is 10.8. The van der Waals surface area contributed by atoms with Crippen LogP contribution in [-0.2, 0) is 12.8 Å². The van der Waals surface area contributed by atoms with Gasteiger partial charge in [-0.2, -0.15) is 0 Å². The number of nitrogens with one attached hydrogen (secondary N) is 2. The van der Waals surface area contributed by atoms with Gasteiger partial charge in [-0.1, -0.05) is 19.1 Å². The van der Waals surface area contributed by atoms with E-state index >= 15 is 0 Å². The Bertz CT molecular complexity index is 663. The molecule has 2 N–H and O–H groups in total. The predicted octanol–water partition coefficient (Wildman–Crippen LogP) is 2.91. The highest BCUT2D eigenvalue weighted by Crippen LogP contribution is 2.30. The Morgan fingerprint density at radius 2 is 2.19 bits per heavy atom. The molecule has 0 radical (unpaired) electrons. The molecule has 1 aliphatic rings. The SMILES string of the molecule is CCc1ccc(C(NC)c2ccc3c(c2)C(=O)NCC3)s1. The summed E-state index contributed by atoms with van der Waals surface area (Å²) in [5.41, 5.74) is 3.13. The lowest BCUT2D eigenvalue weighted by atomic mass is 9.95. The van der Waals surface area contributed by atoms with Gasteiger partial charge in [0.2, 0.25) is 0 Å². The number of amides is 1. The molecule has 1 amide bonds. The minimum absolute atomic E-state index is 0.0494. The average molecular weight is 300 g/mol. The second kappa shape index (κ2) is 6.00. The van der Waals surface area contributed by atoms with Crippen molar-refractivity contribution in [3.8, 4) is 0 Å². The Balaban J connectivity index is 1.97. The largest absolute Gasteiger partial charge is 0.352 e. The summed E-state index contributed by atoms with van der Waals surface area (Å²) in [6.45, 7) is 2.92. The van der Waals surface area contributed by atoms with Gasteiger partial charge in [-0.3, -0.25) is 4.79 Å². The number of carbonyl (C=O) groups excluding carboxylic acids is 1. The van der Waals surface area contributed by atoms with E-state index in [0.29, 0.717) is 0 Å². The van der Waals surface area contributed by atoms with Crippen molar-refractivity contribution in [3.05, 3.63) is 56.8 Å². The van der Waals surface area contributed by atoms with Crippen molar-refractivity contribution >= 4 is 17.2 Å². The van der Waals surface area contributed by atoms with Crippen LogP contribution in [0.2, 0.25) is 0 Å². The van der Waals surface area contributed by atoms with Crippen molar-refractivity contribution < 1.29 is 4.79 Å². The maximum atomic E-state index is 12.0. The molecule has 1 atom stereocenters. The maximum Gasteiger partial charge on any atom is 0.251 e. The first-order valence-corrected chi connectivity index (χ1v) is 8.21. The van der Waals surface area contributed by atoms with Crippen molar-refractivity contribution in [2.24, 2.45) is 0 Å². The number of rotatable bonds is 4. The molecule has 0 fully saturated rings. The zero-order valence-corrected chi connectivity index (χ0v) is 13.2. The summed E-state index contributed by atoms with van der Waals surface area (Å²) < 4.78 is 0. The summed E-state index contributed by atoms with van der Waals surface area (Å²) in [5, 5.41) is 6.29. The van der Waals surface area contributed by atoms with Gasteiger partial charge in [-0.15, -0.1) is 11.3 Å². The van der Waals surface area contributed by atoms with Crippen LogP contribution in [0.3, 0.4) is 0 Å². The quantitative estimate of drug-likeness (QED) is 0.911. The van der Waals surface area contributed by atoms with Gasteiger partial charge in [0.05, 0.1) is 6.04 Å². The molecule has 3 nitrogen and oxygen atoms in total. The molecule has 21 heavy (non-hydrogen) atoms. The number of hydrogen-bond acceptors (Lipinski definition) is 3. The highest BCUT2D eigenvalue weighted by atomic mass is 32.1. The molecule has 110 valence electrons. The van der Waals surface area contributed by atoms with Crippen molar-refractivity contribution in [1.82, 2.24) is 10.6 Å². The molecule has 1 unspecified atom stereocenters. The van der Waals surface area contributed by atoms with Gasteiger partial charge >= 0.3 is 0 Å². The highest BCUT2D eigenvalue weighted by Gasteiger charge is 2.20. The van der Waals surface area contributed by atoms with Crippen LogP contribution in [0.1, 0.15) is 44.2 Å². The van der Waals surface area contributed by atoms with E-state index in [0.717, 1.165) is 36.1 Å². The third-order valence-corrected chi connectivity index (χ3v) is 5.29. The van der Waals surface area contributed by atoms with E-state index in [4.69, 9.17) is 0 Å². The summed E-state index contributed by atoms with van der Waals surface area (Å²) in [5.74, 6) is 0.0494. The third-order valence-electron chi connectivity index (χ3n) is 4.00. The molecule has 0 saturated heterocycles. The van der Waals surface area contributed by atoms with Crippen LogP contribution in [0, 0.1) is 0 Å². The molecule has 0 aliphatic carbocycles. The van der Waals surface area contributed by atoms with Crippen molar-refractivity contribution in [3.63, 3.8) is 0 Å². The van der Waals surface area contributed by atoms with E-state index in [1.165, 1.54) is 9.75 Å². The molecule has 2 heterocycles. The van der Waals surface area contributed by atoms with Gasteiger partial charge in [0.15, 0.2) is 0 Å². The van der Waals surface area contributed by atoms with Crippen LogP contribution >= 0.6 is 11.3 Å². The second-order valence-electron chi connectivity index (χ2n) is 5.30. The lowest BCUT2D eigenvalue weighted by Crippen LogP contribution is -2.32. The zero-order valence-electron chi connectivity index (χ0n) is 12.4. The highest BCUT2D eigenvalue weighted by molar-refractivity contribution is 7.12. The molecule has 2 aromatic rings. The number of hydrogen-bond donors (Lipinski definition) is 2. The smallest absolute Gasteiger partial charge is 0.251 e. The lowest BCUT2D eigenvalue weighted by Gasteiger charge is -2.20. The summed E-state index contributed by atoms with van der Waals surface area (Å²) >= 11 is 1.84. The summed E-state index contributed by atoms with van der Waals surface area (Å²) in [4.78, 5) is 14.7. The van der Waals surface area contributed by atoms with E-state index in [9.17, 15) is 4.79 Å². The molecule has 1 aromatic carbocycles. The van der Waals surface area contributed by atoms with Crippen LogP contribution < -0.4 is 10.6 Å². The molecule has 0 bridgehead atoms. The summed E-state index contributed by atoms with van der Waals surface area (Å²) in [6.07, 6.45) is 1.98. The zero-order chi connectivity index (χ0) is 14.8. The Hall–Kier alpha value is -1.65. The number of thiophene rings is 1. The molecule has 0 saturated carbocycles. The maximum absolute atomic E-state index is 12.0. The number of aryl methyl sites for hydroxylation is 1. The van der Waals surface area contributed by atoms with Gasteiger partial charge in [0, 0.05) is 21.9 Å². The van der Waals surface area contributed by atoms with Gasteiger partial charge in [-0.25, -0.2) is 0 Å². The van der Waals surface area contributed by atoms with Crippen molar-refractivity contribution in [1.29, 1.82) is 0 Å². The average Bonchev–Trinajstić information content (AvgIpc) is 2.97. The number of benzene rings is 1. The van der Waals surface area contributed by atoms with E-state index in [1.54, 1.807) is 0 Å². The van der Waals surface area contributed by atoms with E-state index in [-0.39, 0.29) is 11.9 Å². The van der Waals surface area contributed by atoms with Crippen LogP contribution in [0.15, 0.2) is 30.3 Å². The molecule has 4 heteroatoms. The molecule has 1 aromatic heterocycles. The Morgan fingerprint density at radius 3 is 2.90 bits per heavy atom. The summed E-state index contributed by atoms with van der Waals surface area (Å²) in [7, 11) is 1.97. The molecule has 3 rings (SSSR count). The van der Waals surface area contributed by atoms with Gasteiger partial charge in [0.25, 0.3) is 5.91 Å². The fraction of sp³-hybridized carbons (Fsp3) is 0.353. The number of carbonyl (C=O) groups is 1. The van der Waals surface area contributed by atoms with E-state index in [2.05, 4.69) is 41.8 Å². The first-order valence-electron chi connectivity index (χ1n) is 7.39. The van der Waals surface area contributed by atoms with E-state index < -0.39 is 0 Å².